The number of carbonyl (C=O) groups excluding carboxylic acids is 1. The highest BCUT2D eigenvalue weighted by Crippen LogP contribution is 2.26. The number of rotatable bonds is 4. The lowest BCUT2D eigenvalue weighted by molar-refractivity contribution is 0.0526. The van der Waals surface area contributed by atoms with Gasteiger partial charge in [-0.2, -0.15) is 0 Å². The number of piperidine rings is 1. The number of likely N-dealkylation sites (tertiary alicyclic amines) is 1. The number of aromatic nitrogens is 1. The third-order valence-electron chi connectivity index (χ3n) is 3.75. The summed E-state index contributed by atoms with van der Waals surface area (Å²) in [6.45, 7) is 7.82. The molecule has 1 fully saturated rings. The zero-order chi connectivity index (χ0) is 13.7. The summed E-state index contributed by atoms with van der Waals surface area (Å²) in [6, 6.07) is 3.80. The van der Waals surface area contributed by atoms with Crippen LogP contribution in [0.3, 0.4) is 0 Å². The second kappa shape index (κ2) is 6.66. The van der Waals surface area contributed by atoms with Crippen molar-refractivity contribution >= 4 is 5.97 Å². The number of nitrogens with zero attached hydrogens (tertiary/aromatic N) is 2. The van der Waals surface area contributed by atoms with Gasteiger partial charge in [-0.25, -0.2) is 4.79 Å². The Kier molecular flexibility index (Phi) is 4.91. The molecule has 4 heteroatoms. The van der Waals surface area contributed by atoms with Gasteiger partial charge in [0, 0.05) is 17.8 Å². The summed E-state index contributed by atoms with van der Waals surface area (Å²) >= 11 is 0. The van der Waals surface area contributed by atoms with Crippen LogP contribution in [0.15, 0.2) is 18.3 Å². The maximum atomic E-state index is 11.5. The highest BCUT2D eigenvalue weighted by Gasteiger charge is 2.20. The molecule has 0 spiro atoms. The Morgan fingerprint density at radius 2 is 2.11 bits per heavy atom. The van der Waals surface area contributed by atoms with Gasteiger partial charge in [0.2, 0.25) is 0 Å². The second-order valence-corrected chi connectivity index (χ2v) is 4.90. The number of ether oxygens (including phenoxy) is 1. The highest BCUT2D eigenvalue weighted by atomic mass is 16.5. The third-order valence-corrected chi connectivity index (χ3v) is 3.75. The van der Waals surface area contributed by atoms with Crippen LogP contribution in [0.5, 0.6) is 0 Å². The molecule has 2 rings (SSSR count). The van der Waals surface area contributed by atoms with Crippen molar-refractivity contribution in [2.24, 2.45) is 0 Å². The van der Waals surface area contributed by atoms with Gasteiger partial charge in [-0.05, 0) is 51.5 Å². The van der Waals surface area contributed by atoms with Crippen molar-refractivity contribution in [1.82, 2.24) is 9.88 Å². The van der Waals surface area contributed by atoms with Crippen LogP contribution in [0.4, 0.5) is 0 Å². The van der Waals surface area contributed by atoms with Crippen LogP contribution >= 0.6 is 0 Å². The van der Waals surface area contributed by atoms with Crippen molar-refractivity contribution in [3.05, 3.63) is 29.6 Å². The Morgan fingerprint density at radius 3 is 2.63 bits per heavy atom. The van der Waals surface area contributed by atoms with Crippen LogP contribution in [0.25, 0.3) is 0 Å². The number of esters is 1. The Hall–Kier alpha value is -1.42. The molecule has 1 aliphatic rings. The first kappa shape index (κ1) is 14.0. The molecule has 0 atom stereocenters. The number of carbonyl (C=O) groups is 1. The third kappa shape index (κ3) is 3.53. The van der Waals surface area contributed by atoms with Crippen LogP contribution < -0.4 is 0 Å². The molecule has 2 heterocycles. The summed E-state index contributed by atoms with van der Waals surface area (Å²) in [7, 11) is 0. The first-order valence-electron chi connectivity index (χ1n) is 7.10. The molecule has 1 aliphatic heterocycles. The summed E-state index contributed by atoms with van der Waals surface area (Å²) in [5.74, 6) is 0.237. The smallest absolute Gasteiger partial charge is 0.339 e. The predicted octanol–water partition coefficient (Wildman–Crippen LogP) is 2.46. The number of hydrogen-bond donors (Lipinski definition) is 0. The van der Waals surface area contributed by atoms with Gasteiger partial charge in [0.15, 0.2) is 0 Å². The molecule has 0 N–H and O–H groups in total. The van der Waals surface area contributed by atoms with Gasteiger partial charge in [-0.3, -0.25) is 4.98 Å². The maximum absolute atomic E-state index is 11.5. The zero-order valence-electron chi connectivity index (χ0n) is 11.8. The molecule has 1 aromatic heterocycles. The molecule has 4 nitrogen and oxygen atoms in total. The molecule has 1 aromatic rings. The van der Waals surface area contributed by atoms with Crippen LogP contribution in [-0.4, -0.2) is 42.1 Å². The lowest BCUT2D eigenvalue weighted by Crippen LogP contribution is -2.32. The van der Waals surface area contributed by atoms with E-state index in [-0.39, 0.29) is 5.97 Å². The van der Waals surface area contributed by atoms with E-state index in [1.54, 1.807) is 13.1 Å². The largest absolute Gasteiger partial charge is 0.462 e. The van der Waals surface area contributed by atoms with Crippen LogP contribution in [0, 0.1) is 0 Å². The monoisotopic (exact) mass is 262 g/mol. The SMILES string of the molecule is CCOC(=O)c1ccc(C2CCN(CC)CC2)nc1. The van der Waals surface area contributed by atoms with E-state index in [9.17, 15) is 4.79 Å². The second-order valence-electron chi connectivity index (χ2n) is 4.90. The molecule has 1 saturated heterocycles. The molecule has 104 valence electrons. The zero-order valence-corrected chi connectivity index (χ0v) is 11.8. The molecule has 0 amide bonds. The standard InChI is InChI=1S/C15H22N2O2/c1-3-17-9-7-12(8-10-17)14-6-5-13(11-16-14)15(18)19-4-2/h5-6,11-12H,3-4,7-10H2,1-2H3. The first-order valence-corrected chi connectivity index (χ1v) is 7.10. The molecule has 0 bridgehead atoms. The van der Waals surface area contributed by atoms with Crippen LogP contribution in [0.2, 0.25) is 0 Å². The molecule has 0 aromatic carbocycles. The van der Waals surface area contributed by atoms with Crippen molar-refractivity contribution in [2.45, 2.75) is 32.6 Å². The Labute approximate surface area is 114 Å². The van der Waals surface area contributed by atoms with E-state index in [1.165, 1.54) is 0 Å². The quantitative estimate of drug-likeness (QED) is 0.782. The van der Waals surface area contributed by atoms with Gasteiger partial charge >= 0.3 is 5.97 Å². The Morgan fingerprint density at radius 1 is 1.37 bits per heavy atom. The average Bonchev–Trinajstić information content (AvgIpc) is 2.48. The minimum Gasteiger partial charge on any atom is -0.462 e. The maximum Gasteiger partial charge on any atom is 0.339 e. The fourth-order valence-corrected chi connectivity index (χ4v) is 2.53. The molecule has 0 saturated carbocycles. The van der Waals surface area contributed by atoms with Gasteiger partial charge < -0.3 is 9.64 Å². The lowest BCUT2D eigenvalue weighted by Gasteiger charge is -2.30. The number of pyridine rings is 1. The topological polar surface area (TPSA) is 42.4 Å². The van der Waals surface area contributed by atoms with E-state index in [0.29, 0.717) is 18.1 Å². The minimum atomic E-state index is -0.289. The summed E-state index contributed by atoms with van der Waals surface area (Å²) in [5.41, 5.74) is 1.64. The molecule has 0 aliphatic carbocycles. The summed E-state index contributed by atoms with van der Waals surface area (Å²) < 4.78 is 4.96. The van der Waals surface area contributed by atoms with E-state index in [1.807, 2.05) is 12.1 Å². The Balaban J connectivity index is 1.97. The Bertz CT molecular complexity index is 409. The molecular weight excluding hydrogens is 240 g/mol. The fraction of sp³-hybridized carbons (Fsp3) is 0.600. The van der Waals surface area contributed by atoms with Gasteiger partial charge in [0.25, 0.3) is 0 Å². The predicted molar refractivity (Wildman–Crippen MR) is 74.3 cm³/mol. The average molecular weight is 262 g/mol. The minimum absolute atomic E-state index is 0.289. The molecular formula is C15H22N2O2. The van der Waals surface area contributed by atoms with Crippen molar-refractivity contribution in [2.75, 3.05) is 26.2 Å². The van der Waals surface area contributed by atoms with E-state index in [0.717, 1.165) is 38.2 Å². The van der Waals surface area contributed by atoms with Crippen molar-refractivity contribution in [1.29, 1.82) is 0 Å². The fourth-order valence-electron chi connectivity index (χ4n) is 2.53. The van der Waals surface area contributed by atoms with Crippen molar-refractivity contribution in [3.63, 3.8) is 0 Å². The molecule has 19 heavy (non-hydrogen) atoms. The van der Waals surface area contributed by atoms with E-state index < -0.39 is 0 Å². The van der Waals surface area contributed by atoms with Crippen LogP contribution in [-0.2, 0) is 4.74 Å². The van der Waals surface area contributed by atoms with Gasteiger partial charge in [0.05, 0.1) is 12.2 Å². The van der Waals surface area contributed by atoms with E-state index in [4.69, 9.17) is 4.74 Å². The summed E-state index contributed by atoms with van der Waals surface area (Å²) in [6.07, 6.45) is 3.94. The summed E-state index contributed by atoms with van der Waals surface area (Å²) in [4.78, 5) is 18.4. The summed E-state index contributed by atoms with van der Waals surface area (Å²) in [5, 5.41) is 0. The first-order chi connectivity index (χ1) is 9.24. The highest BCUT2D eigenvalue weighted by molar-refractivity contribution is 5.88. The van der Waals surface area contributed by atoms with Crippen LogP contribution in [0.1, 0.15) is 48.7 Å². The van der Waals surface area contributed by atoms with Gasteiger partial charge in [0.1, 0.15) is 0 Å². The normalized spacial score (nSPS) is 17.4. The molecule has 0 unspecified atom stereocenters. The molecule has 0 radical (unpaired) electrons. The van der Waals surface area contributed by atoms with Crippen molar-refractivity contribution in [3.8, 4) is 0 Å². The van der Waals surface area contributed by atoms with E-state index >= 15 is 0 Å². The number of hydrogen-bond acceptors (Lipinski definition) is 4. The van der Waals surface area contributed by atoms with Crippen molar-refractivity contribution < 1.29 is 9.53 Å². The van der Waals surface area contributed by atoms with Gasteiger partial charge in [-0.1, -0.05) is 6.92 Å². The lowest BCUT2D eigenvalue weighted by atomic mass is 9.93. The van der Waals surface area contributed by atoms with Gasteiger partial charge in [-0.15, -0.1) is 0 Å². The van der Waals surface area contributed by atoms with E-state index in [2.05, 4.69) is 16.8 Å².